The summed E-state index contributed by atoms with van der Waals surface area (Å²) in [6, 6.07) is 19.8. The molecule has 0 amide bonds. The lowest BCUT2D eigenvalue weighted by Gasteiger charge is -2.32. The van der Waals surface area contributed by atoms with Crippen molar-refractivity contribution in [1.29, 1.82) is 0 Å². The van der Waals surface area contributed by atoms with Crippen molar-refractivity contribution in [1.82, 2.24) is 4.90 Å². The fraction of sp³-hybridized carbons (Fsp3) is 0.375. The lowest BCUT2D eigenvalue weighted by Crippen LogP contribution is -2.45. The number of nitrogens with zero attached hydrogens (tertiary/aromatic N) is 1. The van der Waals surface area contributed by atoms with Crippen molar-refractivity contribution in [3.05, 3.63) is 71.8 Å². The molecule has 4 heteroatoms. The second kappa shape index (κ2) is 8.61. The van der Waals surface area contributed by atoms with Crippen LogP contribution >= 0.6 is 0 Å². The monoisotopic (exact) mass is 377 g/mol. The van der Waals surface area contributed by atoms with Crippen molar-refractivity contribution in [2.45, 2.75) is 39.8 Å². The van der Waals surface area contributed by atoms with Gasteiger partial charge in [0.25, 0.3) is 0 Å². The second-order valence-electron chi connectivity index (χ2n) is 8.47. The SMILES string of the molecule is CC1(C)CC(=O)C(C(=O)CN(Cc2ccccc2)Cc2ccccc2)C(=O)C1. The van der Waals surface area contributed by atoms with Gasteiger partial charge in [-0.2, -0.15) is 0 Å². The molecule has 0 aliphatic heterocycles. The summed E-state index contributed by atoms with van der Waals surface area (Å²) in [6.45, 7) is 5.07. The summed E-state index contributed by atoms with van der Waals surface area (Å²) in [6.07, 6.45) is 0.568. The molecule has 1 saturated carbocycles. The van der Waals surface area contributed by atoms with Gasteiger partial charge < -0.3 is 0 Å². The second-order valence-corrected chi connectivity index (χ2v) is 8.47. The van der Waals surface area contributed by atoms with Crippen LogP contribution in [0.25, 0.3) is 0 Å². The smallest absolute Gasteiger partial charge is 0.164 e. The fourth-order valence-corrected chi connectivity index (χ4v) is 3.91. The molecule has 0 bridgehead atoms. The van der Waals surface area contributed by atoms with E-state index in [0.29, 0.717) is 13.1 Å². The van der Waals surface area contributed by atoms with Gasteiger partial charge in [0.15, 0.2) is 17.3 Å². The molecular weight excluding hydrogens is 350 g/mol. The van der Waals surface area contributed by atoms with Crippen LogP contribution < -0.4 is 0 Å². The highest BCUT2D eigenvalue weighted by Crippen LogP contribution is 2.34. The third-order valence-electron chi connectivity index (χ3n) is 5.15. The third kappa shape index (κ3) is 5.23. The molecule has 0 heterocycles. The molecular formula is C24H27NO3. The quantitative estimate of drug-likeness (QED) is 0.688. The van der Waals surface area contributed by atoms with Gasteiger partial charge in [-0.05, 0) is 16.5 Å². The maximum absolute atomic E-state index is 12.9. The van der Waals surface area contributed by atoms with Crippen molar-refractivity contribution in [3.8, 4) is 0 Å². The van der Waals surface area contributed by atoms with Crippen molar-refractivity contribution < 1.29 is 14.4 Å². The highest BCUT2D eigenvalue weighted by molar-refractivity contribution is 6.21. The molecule has 0 unspecified atom stereocenters. The van der Waals surface area contributed by atoms with Crippen molar-refractivity contribution in [2.75, 3.05) is 6.54 Å². The van der Waals surface area contributed by atoms with Gasteiger partial charge in [-0.1, -0.05) is 74.5 Å². The normalized spacial score (nSPS) is 17.1. The van der Waals surface area contributed by atoms with Crippen molar-refractivity contribution in [3.63, 3.8) is 0 Å². The van der Waals surface area contributed by atoms with E-state index in [1.807, 2.05) is 79.4 Å². The zero-order chi connectivity index (χ0) is 20.1. The number of rotatable bonds is 7. The molecule has 28 heavy (non-hydrogen) atoms. The molecule has 0 aromatic heterocycles. The Bertz CT molecular complexity index is 781. The van der Waals surface area contributed by atoms with Crippen LogP contribution in [0.5, 0.6) is 0 Å². The summed E-state index contributed by atoms with van der Waals surface area (Å²) < 4.78 is 0. The first-order valence-corrected chi connectivity index (χ1v) is 9.72. The van der Waals surface area contributed by atoms with E-state index in [1.165, 1.54) is 0 Å². The number of Topliss-reactive ketones (excluding diaryl/α,β-unsaturated/α-hetero) is 3. The highest BCUT2D eigenvalue weighted by Gasteiger charge is 2.43. The minimum Gasteiger partial charge on any atom is -0.298 e. The average Bonchev–Trinajstić information content (AvgIpc) is 2.61. The zero-order valence-corrected chi connectivity index (χ0v) is 16.6. The molecule has 0 atom stereocenters. The molecule has 146 valence electrons. The summed E-state index contributed by atoms with van der Waals surface area (Å²) >= 11 is 0. The summed E-state index contributed by atoms with van der Waals surface area (Å²) in [5.41, 5.74) is 1.83. The van der Waals surface area contributed by atoms with Crippen LogP contribution in [0.15, 0.2) is 60.7 Å². The van der Waals surface area contributed by atoms with Gasteiger partial charge in [-0.25, -0.2) is 0 Å². The molecule has 3 rings (SSSR count). The number of carbonyl (C=O) groups is 3. The standard InChI is InChI=1S/C24H27NO3/c1-24(2)13-20(26)23(21(27)14-24)22(28)17-25(15-18-9-5-3-6-10-18)16-19-11-7-4-8-12-19/h3-12,23H,13-17H2,1-2H3. The van der Waals surface area contributed by atoms with Gasteiger partial charge >= 0.3 is 0 Å². The summed E-state index contributed by atoms with van der Waals surface area (Å²) in [7, 11) is 0. The van der Waals surface area contributed by atoms with Crippen LogP contribution in [0.2, 0.25) is 0 Å². The topological polar surface area (TPSA) is 54.5 Å². The molecule has 4 nitrogen and oxygen atoms in total. The van der Waals surface area contributed by atoms with E-state index in [9.17, 15) is 14.4 Å². The first kappa shape index (κ1) is 20.2. The predicted octanol–water partition coefficient (Wildman–Crippen LogP) is 3.83. The Morgan fingerprint density at radius 1 is 0.857 bits per heavy atom. The Hall–Kier alpha value is -2.59. The van der Waals surface area contributed by atoms with Crippen LogP contribution in [-0.2, 0) is 27.5 Å². The number of ketones is 3. The average molecular weight is 377 g/mol. The Morgan fingerprint density at radius 2 is 1.29 bits per heavy atom. The maximum Gasteiger partial charge on any atom is 0.164 e. The van der Waals surface area contributed by atoms with E-state index in [2.05, 4.69) is 0 Å². The van der Waals surface area contributed by atoms with Crippen molar-refractivity contribution >= 4 is 17.3 Å². The molecule has 2 aromatic rings. The summed E-state index contributed by atoms with van der Waals surface area (Å²) in [5, 5.41) is 0. The van der Waals surface area contributed by atoms with Gasteiger partial charge in [0.2, 0.25) is 0 Å². The lowest BCUT2D eigenvalue weighted by molar-refractivity contribution is -0.145. The third-order valence-corrected chi connectivity index (χ3v) is 5.15. The van der Waals surface area contributed by atoms with Gasteiger partial charge in [0, 0.05) is 25.9 Å². The van der Waals surface area contributed by atoms with Crippen molar-refractivity contribution in [2.24, 2.45) is 11.3 Å². The van der Waals surface area contributed by atoms with Crippen LogP contribution in [0.3, 0.4) is 0 Å². The minimum absolute atomic E-state index is 0.0896. The number of hydrogen-bond donors (Lipinski definition) is 0. The Balaban J connectivity index is 1.75. The summed E-state index contributed by atoms with van der Waals surface area (Å²) in [5.74, 6) is -1.84. The maximum atomic E-state index is 12.9. The summed E-state index contributed by atoms with van der Waals surface area (Å²) in [4.78, 5) is 39.9. The molecule has 0 spiro atoms. The van der Waals surface area contributed by atoms with Crippen LogP contribution in [-0.4, -0.2) is 28.8 Å². The molecule has 2 aromatic carbocycles. The van der Waals surface area contributed by atoms with E-state index in [1.54, 1.807) is 0 Å². The molecule has 1 aliphatic rings. The molecule has 0 saturated heterocycles. The molecule has 0 N–H and O–H groups in total. The molecule has 0 radical (unpaired) electrons. The Morgan fingerprint density at radius 3 is 1.71 bits per heavy atom. The Labute approximate surface area is 166 Å². The van der Waals surface area contributed by atoms with Gasteiger partial charge in [0.1, 0.15) is 5.92 Å². The van der Waals surface area contributed by atoms with E-state index in [0.717, 1.165) is 11.1 Å². The lowest BCUT2D eigenvalue weighted by atomic mass is 9.70. The fourth-order valence-electron chi connectivity index (χ4n) is 3.91. The highest BCUT2D eigenvalue weighted by atomic mass is 16.2. The van der Waals surface area contributed by atoms with E-state index < -0.39 is 5.92 Å². The first-order chi connectivity index (χ1) is 13.3. The molecule has 1 aliphatic carbocycles. The first-order valence-electron chi connectivity index (χ1n) is 9.72. The van der Waals surface area contributed by atoms with Gasteiger partial charge in [0.05, 0.1) is 6.54 Å². The predicted molar refractivity (Wildman–Crippen MR) is 109 cm³/mol. The Kier molecular flexibility index (Phi) is 6.20. The number of benzene rings is 2. The van der Waals surface area contributed by atoms with Crippen LogP contribution in [0.1, 0.15) is 37.8 Å². The van der Waals surface area contributed by atoms with Crippen LogP contribution in [0, 0.1) is 11.3 Å². The zero-order valence-electron chi connectivity index (χ0n) is 16.6. The van der Waals surface area contributed by atoms with E-state index in [-0.39, 0.29) is 42.2 Å². The number of carbonyl (C=O) groups excluding carboxylic acids is 3. The molecule has 1 fully saturated rings. The van der Waals surface area contributed by atoms with E-state index >= 15 is 0 Å². The van der Waals surface area contributed by atoms with Gasteiger partial charge in [-0.15, -0.1) is 0 Å². The van der Waals surface area contributed by atoms with E-state index in [4.69, 9.17) is 0 Å². The van der Waals surface area contributed by atoms with Crippen LogP contribution in [0.4, 0.5) is 0 Å². The minimum atomic E-state index is -1.10. The largest absolute Gasteiger partial charge is 0.298 e. The van der Waals surface area contributed by atoms with Gasteiger partial charge in [-0.3, -0.25) is 19.3 Å². The number of hydrogen-bond acceptors (Lipinski definition) is 4.